The fourth-order valence-corrected chi connectivity index (χ4v) is 2.89. The number of aromatic nitrogens is 3. The number of nitro groups is 1. The van der Waals surface area contributed by atoms with Crippen molar-refractivity contribution in [3.8, 4) is 0 Å². The summed E-state index contributed by atoms with van der Waals surface area (Å²) in [6, 6.07) is 3.37. The predicted molar refractivity (Wildman–Crippen MR) is 89.8 cm³/mol. The van der Waals surface area contributed by atoms with E-state index in [1.165, 1.54) is 6.07 Å². The molecule has 0 N–H and O–H groups in total. The molecule has 1 saturated heterocycles. The quantitative estimate of drug-likeness (QED) is 0.597. The van der Waals surface area contributed by atoms with Gasteiger partial charge in [0, 0.05) is 49.1 Å². The minimum absolute atomic E-state index is 0.0192. The van der Waals surface area contributed by atoms with Crippen LogP contribution in [0, 0.1) is 17.0 Å². The van der Waals surface area contributed by atoms with E-state index in [2.05, 4.69) is 35.8 Å². The first-order valence-electron chi connectivity index (χ1n) is 7.14. The summed E-state index contributed by atoms with van der Waals surface area (Å²) in [5, 5.41) is 11.2. The van der Waals surface area contributed by atoms with Gasteiger partial charge in [0.05, 0.1) is 4.92 Å². The van der Waals surface area contributed by atoms with E-state index in [1.807, 2.05) is 17.9 Å². The van der Waals surface area contributed by atoms with E-state index in [9.17, 15) is 10.1 Å². The van der Waals surface area contributed by atoms with Crippen molar-refractivity contribution in [1.29, 1.82) is 0 Å². The van der Waals surface area contributed by atoms with Crippen molar-refractivity contribution < 1.29 is 4.92 Å². The Balaban J connectivity index is 1.76. The van der Waals surface area contributed by atoms with E-state index in [1.54, 1.807) is 12.4 Å². The SMILES string of the molecule is Cc1nccc(N2CCN(c3ncc(Br)cc3[N+](=O)[O-])CC2)n1. The molecule has 0 atom stereocenters. The van der Waals surface area contributed by atoms with Crippen LogP contribution in [0.3, 0.4) is 0 Å². The number of aryl methyl sites for hydroxylation is 1. The molecule has 0 amide bonds. The molecule has 1 aliphatic rings. The molecule has 2 aromatic rings. The van der Waals surface area contributed by atoms with Gasteiger partial charge in [-0.15, -0.1) is 0 Å². The van der Waals surface area contributed by atoms with E-state index < -0.39 is 4.92 Å². The Morgan fingerprint density at radius 2 is 1.91 bits per heavy atom. The molecule has 1 fully saturated rings. The van der Waals surface area contributed by atoms with Gasteiger partial charge in [0.25, 0.3) is 0 Å². The first-order valence-corrected chi connectivity index (χ1v) is 7.93. The smallest absolute Gasteiger partial charge is 0.312 e. The summed E-state index contributed by atoms with van der Waals surface area (Å²) in [5.74, 6) is 2.03. The van der Waals surface area contributed by atoms with E-state index in [0.717, 1.165) is 24.7 Å². The third kappa shape index (κ3) is 3.39. The lowest BCUT2D eigenvalue weighted by molar-refractivity contribution is -0.384. The maximum atomic E-state index is 11.2. The third-order valence-electron chi connectivity index (χ3n) is 3.68. The predicted octanol–water partition coefficient (Wildman–Crippen LogP) is 2.18. The van der Waals surface area contributed by atoms with Crippen LogP contribution >= 0.6 is 15.9 Å². The molecular formula is C14H15BrN6O2. The molecule has 9 heteroatoms. The second kappa shape index (κ2) is 6.45. The molecule has 0 radical (unpaired) electrons. The van der Waals surface area contributed by atoms with Crippen LogP contribution in [0.4, 0.5) is 17.3 Å². The number of pyridine rings is 1. The van der Waals surface area contributed by atoms with E-state index in [0.29, 0.717) is 23.4 Å². The normalized spacial score (nSPS) is 14.9. The van der Waals surface area contributed by atoms with Crippen LogP contribution in [-0.2, 0) is 0 Å². The van der Waals surface area contributed by atoms with Crippen molar-refractivity contribution in [3.05, 3.63) is 44.9 Å². The highest BCUT2D eigenvalue weighted by Gasteiger charge is 2.25. The van der Waals surface area contributed by atoms with Gasteiger partial charge in [-0.05, 0) is 28.9 Å². The highest BCUT2D eigenvalue weighted by molar-refractivity contribution is 9.10. The molecule has 2 aromatic heterocycles. The second-order valence-corrected chi connectivity index (χ2v) is 6.11. The lowest BCUT2D eigenvalue weighted by atomic mass is 10.2. The minimum atomic E-state index is -0.396. The number of halogens is 1. The Morgan fingerprint density at radius 1 is 1.22 bits per heavy atom. The lowest BCUT2D eigenvalue weighted by Gasteiger charge is -2.35. The molecule has 8 nitrogen and oxygen atoms in total. The first kappa shape index (κ1) is 15.6. The highest BCUT2D eigenvalue weighted by atomic mass is 79.9. The molecule has 3 heterocycles. The number of hydrogen-bond acceptors (Lipinski definition) is 7. The summed E-state index contributed by atoms with van der Waals surface area (Å²) in [5.41, 5.74) is 0.0192. The van der Waals surface area contributed by atoms with Gasteiger partial charge in [-0.3, -0.25) is 10.1 Å². The van der Waals surface area contributed by atoms with Crippen molar-refractivity contribution in [2.75, 3.05) is 36.0 Å². The molecule has 120 valence electrons. The first-order chi connectivity index (χ1) is 11.0. The monoisotopic (exact) mass is 378 g/mol. The summed E-state index contributed by atoms with van der Waals surface area (Å²) in [4.78, 5) is 27.7. The average Bonchev–Trinajstić information content (AvgIpc) is 2.55. The highest BCUT2D eigenvalue weighted by Crippen LogP contribution is 2.29. The summed E-state index contributed by atoms with van der Waals surface area (Å²) in [7, 11) is 0. The summed E-state index contributed by atoms with van der Waals surface area (Å²) >= 11 is 3.23. The maximum absolute atomic E-state index is 11.2. The van der Waals surface area contributed by atoms with Crippen molar-refractivity contribution in [3.63, 3.8) is 0 Å². The van der Waals surface area contributed by atoms with Gasteiger partial charge < -0.3 is 9.80 Å². The van der Waals surface area contributed by atoms with Crippen molar-refractivity contribution in [2.24, 2.45) is 0 Å². The van der Waals surface area contributed by atoms with E-state index in [4.69, 9.17) is 0 Å². The Morgan fingerprint density at radius 3 is 2.57 bits per heavy atom. The molecule has 0 spiro atoms. The van der Waals surface area contributed by atoms with Crippen LogP contribution < -0.4 is 9.80 Å². The Hall–Kier alpha value is -2.29. The Kier molecular flexibility index (Phi) is 4.37. The summed E-state index contributed by atoms with van der Waals surface area (Å²) in [6.07, 6.45) is 3.33. The summed E-state index contributed by atoms with van der Waals surface area (Å²) < 4.78 is 0.600. The van der Waals surface area contributed by atoms with Crippen LogP contribution in [0.2, 0.25) is 0 Å². The van der Waals surface area contributed by atoms with Gasteiger partial charge >= 0.3 is 5.69 Å². The van der Waals surface area contributed by atoms with Crippen molar-refractivity contribution >= 4 is 33.3 Å². The Labute approximate surface area is 141 Å². The van der Waals surface area contributed by atoms with Gasteiger partial charge in [-0.1, -0.05) is 0 Å². The van der Waals surface area contributed by atoms with Crippen LogP contribution in [0.25, 0.3) is 0 Å². The molecule has 0 aromatic carbocycles. The number of hydrogen-bond donors (Lipinski definition) is 0. The fourth-order valence-electron chi connectivity index (χ4n) is 2.57. The molecular weight excluding hydrogens is 364 g/mol. The lowest BCUT2D eigenvalue weighted by Crippen LogP contribution is -2.47. The number of anilines is 2. The molecule has 0 bridgehead atoms. The summed E-state index contributed by atoms with van der Waals surface area (Å²) in [6.45, 7) is 4.61. The van der Waals surface area contributed by atoms with Crippen molar-refractivity contribution in [2.45, 2.75) is 6.92 Å². The van der Waals surface area contributed by atoms with Gasteiger partial charge in [0.15, 0.2) is 0 Å². The fraction of sp³-hybridized carbons (Fsp3) is 0.357. The van der Waals surface area contributed by atoms with Crippen LogP contribution in [0.15, 0.2) is 29.0 Å². The van der Waals surface area contributed by atoms with Crippen LogP contribution in [0.1, 0.15) is 5.82 Å². The van der Waals surface area contributed by atoms with Crippen LogP contribution in [-0.4, -0.2) is 46.1 Å². The van der Waals surface area contributed by atoms with Gasteiger partial charge in [-0.2, -0.15) is 0 Å². The van der Waals surface area contributed by atoms with E-state index >= 15 is 0 Å². The number of piperazine rings is 1. The number of rotatable bonds is 3. The van der Waals surface area contributed by atoms with E-state index in [-0.39, 0.29) is 5.69 Å². The third-order valence-corrected chi connectivity index (χ3v) is 4.11. The molecule has 0 unspecified atom stereocenters. The zero-order chi connectivity index (χ0) is 16.4. The minimum Gasteiger partial charge on any atom is -0.353 e. The Bertz CT molecular complexity index is 733. The molecule has 1 aliphatic heterocycles. The topological polar surface area (TPSA) is 88.3 Å². The standard InChI is InChI=1S/C14H15BrN6O2/c1-10-16-3-2-13(18-10)19-4-6-20(7-5-19)14-12(21(22)23)8-11(15)9-17-14/h2-3,8-9H,4-7H2,1H3. The average molecular weight is 379 g/mol. The second-order valence-electron chi connectivity index (χ2n) is 5.19. The zero-order valence-electron chi connectivity index (χ0n) is 12.5. The van der Waals surface area contributed by atoms with Crippen LogP contribution in [0.5, 0.6) is 0 Å². The molecule has 3 rings (SSSR count). The number of nitrogens with zero attached hydrogens (tertiary/aromatic N) is 6. The van der Waals surface area contributed by atoms with Crippen molar-refractivity contribution in [1.82, 2.24) is 15.0 Å². The van der Waals surface area contributed by atoms with Gasteiger partial charge in [0.1, 0.15) is 11.6 Å². The zero-order valence-corrected chi connectivity index (χ0v) is 14.1. The molecule has 0 saturated carbocycles. The van der Waals surface area contributed by atoms with Gasteiger partial charge in [-0.25, -0.2) is 15.0 Å². The maximum Gasteiger partial charge on any atom is 0.312 e. The molecule has 0 aliphatic carbocycles. The van der Waals surface area contributed by atoms with Gasteiger partial charge in [0.2, 0.25) is 5.82 Å². The molecule has 23 heavy (non-hydrogen) atoms. The largest absolute Gasteiger partial charge is 0.353 e.